The highest BCUT2D eigenvalue weighted by atomic mass is 16.6. The van der Waals surface area contributed by atoms with Crippen LogP contribution in [-0.2, 0) is 6.42 Å². The molecule has 2 aromatic heterocycles. The van der Waals surface area contributed by atoms with Crippen molar-refractivity contribution in [3.63, 3.8) is 0 Å². The molecule has 2 aromatic carbocycles. The van der Waals surface area contributed by atoms with Gasteiger partial charge in [0.2, 0.25) is 5.88 Å². The summed E-state index contributed by atoms with van der Waals surface area (Å²) in [6.07, 6.45) is 10.3. The molecule has 1 aliphatic rings. The smallest absolute Gasteiger partial charge is 0.287 e. The fraction of sp³-hybridized carbons (Fsp3) is 0.267. The molecule has 0 unspecified atom stereocenters. The lowest BCUT2D eigenvalue weighted by Crippen LogP contribution is -2.25. The van der Waals surface area contributed by atoms with Gasteiger partial charge in [0, 0.05) is 23.6 Å². The predicted molar refractivity (Wildman–Crippen MR) is 153 cm³/mol. The molecule has 0 bridgehead atoms. The Balaban J connectivity index is 1.54. The van der Waals surface area contributed by atoms with E-state index in [9.17, 15) is 14.9 Å². The molecule has 5 rings (SSSR count). The van der Waals surface area contributed by atoms with Crippen LogP contribution in [0.3, 0.4) is 0 Å². The Morgan fingerprint density at radius 3 is 2.67 bits per heavy atom. The number of pyridine rings is 1. The Labute approximate surface area is 230 Å². The minimum Gasteiger partial charge on any atom is -0.493 e. The third-order valence-electron chi connectivity index (χ3n) is 6.95. The maximum absolute atomic E-state index is 13.5. The first-order chi connectivity index (χ1) is 19.5. The maximum Gasteiger partial charge on any atom is 0.287 e. The topological polar surface area (TPSA) is 122 Å². The lowest BCUT2D eigenvalue weighted by molar-refractivity contribution is -0.385. The fourth-order valence-electron chi connectivity index (χ4n) is 4.98. The first-order valence-electron chi connectivity index (χ1n) is 13.1. The number of methoxy groups -OCH3 is 1. The number of rotatable bonds is 9. The first kappa shape index (κ1) is 26.7. The number of hydrogen-bond acceptors (Lipinski definition) is 8. The van der Waals surface area contributed by atoms with Crippen molar-refractivity contribution in [1.82, 2.24) is 14.6 Å². The summed E-state index contributed by atoms with van der Waals surface area (Å²) < 4.78 is 13.0. The molecule has 0 amide bonds. The van der Waals surface area contributed by atoms with Gasteiger partial charge in [0.05, 0.1) is 29.2 Å². The summed E-state index contributed by atoms with van der Waals surface area (Å²) in [6, 6.07) is 13.7. The molecule has 0 N–H and O–H groups in total. The van der Waals surface area contributed by atoms with Crippen molar-refractivity contribution in [3.8, 4) is 17.4 Å². The quantitative estimate of drug-likeness (QED) is 0.108. The van der Waals surface area contributed by atoms with Crippen molar-refractivity contribution in [2.75, 3.05) is 7.11 Å². The van der Waals surface area contributed by atoms with Gasteiger partial charge in [-0.1, -0.05) is 37.5 Å². The van der Waals surface area contributed by atoms with Crippen molar-refractivity contribution in [2.45, 2.75) is 44.4 Å². The molecular weight excluding hydrogens is 510 g/mol. The SMILES string of the molecule is C=CCc1cc(C=Nn2c(C3CCCCC3)nc3ccccc3c2=O)cc(OC)c1Oc1ccc([N+](=O)[O-])cn1. The Kier molecular flexibility index (Phi) is 7.95. The second kappa shape index (κ2) is 11.9. The number of hydrogen-bond donors (Lipinski definition) is 0. The van der Waals surface area contributed by atoms with Crippen LogP contribution in [0.25, 0.3) is 10.9 Å². The molecule has 1 saturated carbocycles. The average Bonchev–Trinajstić information content (AvgIpc) is 2.98. The Bertz CT molecular complexity index is 1640. The molecule has 0 spiro atoms. The van der Waals surface area contributed by atoms with E-state index in [-0.39, 0.29) is 23.0 Å². The standard InChI is InChI=1S/C30H29N5O5/c1-3-9-22-16-20(17-26(39-2)28(22)40-27-15-14-23(19-31-27)35(37)38)18-32-34-29(21-10-5-4-6-11-21)33-25-13-8-7-12-24(25)30(34)36/h3,7-8,12-19,21H,1,4-6,9-11H2,2H3. The highest BCUT2D eigenvalue weighted by molar-refractivity contribution is 5.82. The molecule has 2 heterocycles. The minimum absolute atomic E-state index is 0.136. The zero-order valence-corrected chi connectivity index (χ0v) is 22.2. The average molecular weight is 540 g/mol. The van der Waals surface area contributed by atoms with Crippen molar-refractivity contribution < 1.29 is 14.4 Å². The Morgan fingerprint density at radius 1 is 1.18 bits per heavy atom. The number of allylic oxidation sites excluding steroid dienone is 1. The van der Waals surface area contributed by atoms with Crippen LogP contribution in [0, 0.1) is 10.1 Å². The minimum atomic E-state index is -0.523. The van der Waals surface area contributed by atoms with Gasteiger partial charge in [0.1, 0.15) is 12.0 Å². The number of aromatic nitrogens is 3. The number of ether oxygens (including phenoxy) is 2. The van der Waals surface area contributed by atoms with Crippen LogP contribution in [0.5, 0.6) is 17.4 Å². The molecule has 0 atom stereocenters. The van der Waals surface area contributed by atoms with Crippen LogP contribution < -0.4 is 15.0 Å². The number of nitrogens with zero attached hydrogens (tertiary/aromatic N) is 5. The van der Waals surface area contributed by atoms with Crippen molar-refractivity contribution in [2.24, 2.45) is 5.10 Å². The van der Waals surface area contributed by atoms with E-state index in [4.69, 9.17) is 14.5 Å². The normalized spacial score (nSPS) is 13.9. The van der Waals surface area contributed by atoms with E-state index in [0.717, 1.165) is 37.4 Å². The molecule has 1 fully saturated rings. The van der Waals surface area contributed by atoms with Gasteiger partial charge in [-0.15, -0.1) is 6.58 Å². The zero-order valence-electron chi connectivity index (χ0n) is 22.2. The monoisotopic (exact) mass is 539 g/mol. The Hall–Kier alpha value is -4.86. The van der Waals surface area contributed by atoms with Crippen LogP contribution in [0.4, 0.5) is 5.69 Å². The first-order valence-corrected chi connectivity index (χ1v) is 13.1. The largest absolute Gasteiger partial charge is 0.493 e. The van der Waals surface area contributed by atoms with E-state index in [0.29, 0.717) is 40.2 Å². The highest BCUT2D eigenvalue weighted by Gasteiger charge is 2.22. The second-order valence-electron chi connectivity index (χ2n) is 9.60. The van der Waals surface area contributed by atoms with Crippen LogP contribution >= 0.6 is 0 Å². The van der Waals surface area contributed by atoms with Gasteiger partial charge in [0.25, 0.3) is 11.2 Å². The molecule has 1 aliphatic carbocycles. The van der Waals surface area contributed by atoms with Crippen LogP contribution in [0.2, 0.25) is 0 Å². The van der Waals surface area contributed by atoms with Crippen molar-refractivity contribution in [3.05, 3.63) is 105 Å². The van der Waals surface area contributed by atoms with Gasteiger partial charge in [-0.05, 0) is 49.1 Å². The second-order valence-corrected chi connectivity index (χ2v) is 9.60. The van der Waals surface area contributed by atoms with Gasteiger partial charge in [-0.3, -0.25) is 14.9 Å². The lowest BCUT2D eigenvalue weighted by Gasteiger charge is -2.22. The van der Waals surface area contributed by atoms with Crippen molar-refractivity contribution >= 4 is 22.8 Å². The maximum atomic E-state index is 13.5. The van der Waals surface area contributed by atoms with Gasteiger partial charge < -0.3 is 9.47 Å². The summed E-state index contributed by atoms with van der Waals surface area (Å²) in [4.78, 5) is 32.9. The van der Waals surface area contributed by atoms with E-state index < -0.39 is 4.92 Å². The van der Waals surface area contributed by atoms with E-state index in [1.54, 1.807) is 24.4 Å². The molecule has 0 radical (unpaired) electrons. The van der Waals surface area contributed by atoms with E-state index in [1.165, 1.54) is 30.3 Å². The van der Waals surface area contributed by atoms with Gasteiger partial charge in [-0.2, -0.15) is 9.78 Å². The molecular formula is C30H29N5O5. The Morgan fingerprint density at radius 2 is 1.98 bits per heavy atom. The van der Waals surface area contributed by atoms with Gasteiger partial charge >= 0.3 is 0 Å². The third-order valence-corrected chi connectivity index (χ3v) is 6.95. The summed E-state index contributed by atoms with van der Waals surface area (Å²) in [5.41, 5.74) is 1.77. The molecule has 4 aromatic rings. The van der Waals surface area contributed by atoms with E-state index in [1.807, 2.05) is 24.3 Å². The van der Waals surface area contributed by atoms with Crippen LogP contribution in [-0.4, -0.2) is 32.9 Å². The summed E-state index contributed by atoms with van der Waals surface area (Å²) in [5, 5.41) is 16.1. The van der Waals surface area contributed by atoms with E-state index >= 15 is 0 Å². The summed E-state index contributed by atoms with van der Waals surface area (Å²) >= 11 is 0. The van der Waals surface area contributed by atoms with Crippen LogP contribution in [0.15, 0.2) is 77.3 Å². The molecule has 10 nitrogen and oxygen atoms in total. The van der Waals surface area contributed by atoms with Gasteiger partial charge in [-0.25, -0.2) is 9.97 Å². The number of para-hydroxylation sites is 1. The number of fused-ring (bicyclic) bond motifs is 1. The third kappa shape index (κ3) is 5.61. The van der Waals surface area contributed by atoms with E-state index in [2.05, 4.69) is 16.7 Å². The fourth-order valence-corrected chi connectivity index (χ4v) is 4.98. The number of nitro groups is 1. The lowest BCUT2D eigenvalue weighted by atomic mass is 9.88. The molecule has 0 saturated heterocycles. The summed E-state index contributed by atoms with van der Waals surface area (Å²) in [7, 11) is 1.52. The molecule has 204 valence electrons. The predicted octanol–water partition coefficient (Wildman–Crippen LogP) is 6.16. The molecule has 40 heavy (non-hydrogen) atoms. The summed E-state index contributed by atoms with van der Waals surface area (Å²) in [6.45, 7) is 3.84. The molecule has 10 heteroatoms. The molecule has 0 aliphatic heterocycles. The highest BCUT2D eigenvalue weighted by Crippen LogP contribution is 2.37. The number of benzene rings is 2. The van der Waals surface area contributed by atoms with Crippen molar-refractivity contribution in [1.29, 1.82) is 0 Å². The van der Waals surface area contributed by atoms with Crippen LogP contribution in [0.1, 0.15) is 55.0 Å². The summed E-state index contributed by atoms with van der Waals surface area (Å²) in [5.74, 6) is 1.86. The zero-order chi connectivity index (χ0) is 28.1. The van der Waals surface area contributed by atoms with Gasteiger partial charge in [0.15, 0.2) is 11.5 Å².